The van der Waals surface area contributed by atoms with Crippen molar-refractivity contribution in [2.75, 3.05) is 12.4 Å². The summed E-state index contributed by atoms with van der Waals surface area (Å²) >= 11 is 0. The van der Waals surface area contributed by atoms with Gasteiger partial charge in [0.1, 0.15) is 23.4 Å². The van der Waals surface area contributed by atoms with E-state index in [1.165, 1.54) is 4.90 Å². The summed E-state index contributed by atoms with van der Waals surface area (Å²) in [5.41, 5.74) is 5.43. The Kier molecular flexibility index (Phi) is 11.1. The van der Waals surface area contributed by atoms with Gasteiger partial charge in [0, 0.05) is 17.6 Å². The molecule has 2 rings (SSSR count). The molecule has 4 amide bonds. The van der Waals surface area contributed by atoms with Crippen molar-refractivity contribution in [2.24, 2.45) is 5.73 Å². The second-order valence-electron chi connectivity index (χ2n) is 11.6. The highest BCUT2D eigenvalue weighted by Gasteiger charge is 2.42. The lowest BCUT2D eigenvalue weighted by Gasteiger charge is -2.43. The van der Waals surface area contributed by atoms with E-state index in [1.54, 1.807) is 97.2 Å². The fourth-order valence-electron chi connectivity index (χ4n) is 4.17. The molecule has 2 atom stereocenters. The number of amides is 4. The van der Waals surface area contributed by atoms with E-state index in [1.807, 2.05) is 6.07 Å². The Morgan fingerprint density at radius 3 is 2.17 bits per heavy atom. The summed E-state index contributed by atoms with van der Waals surface area (Å²) in [6.45, 7) is 14.3. The summed E-state index contributed by atoms with van der Waals surface area (Å²) in [5.74, 6) is -1.08. The Balaban J connectivity index is 2.61. The van der Waals surface area contributed by atoms with Gasteiger partial charge in [0.15, 0.2) is 0 Å². The highest BCUT2D eigenvalue weighted by molar-refractivity contribution is 5.99. The maximum atomic E-state index is 14.3. The van der Waals surface area contributed by atoms with Crippen molar-refractivity contribution in [1.82, 2.24) is 10.2 Å². The van der Waals surface area contributed by atoms with E-state index < -0.39 is 47.0 Å². The van der Waals surface area contributed by atoms with Crippen molar-refractivity contribution in [3.63, 3.8) is 0 Å². The number of hydrogen-bond acceptors (Lipinski definition) is 6. The van der Waals surface area contributed by atoms with Crippen LogP contribution in [0.25, 0.3) is 6.08 Å². The molecule has 222 valence electrons. The van der Waals surface area contributed by atoms with Crippen LogP contribution in [0.1, 0.15) is 71.6 Å². The molecule has 41 heavy (non-hydrogen) atoms. The third-order valence-electron chi connectivity index (χ3n) is 5.95. The summed E-state index contributed by atoms with van der Waals surface area (Å²) in [5, 5.41) is 5.49. The zero-order valence-electron chi connectivity index (χ0n) is 24.9. The monoisotopic (exact) mass is 566 g/mol. The summed E-state index contributed by atoms with van der Waals surface area (Å²) in [6, 6.07) is 11.6. The Morgan fingerprint density at radius 2 is 1.66 bits per heavy atom. The first-order valence-electron chi connectivity index (χ1n) is 13.3. The number of ether oxygens (including phenoxy) is 2. The Hall–Kier alpha value is -4.34. The van der Waals surface area contributed by atoms with Crippen molar-refractivity contribution in [3.8, 4) is 5.75 Å². The standard InChI is InChI=1S/C31H42N4O6/c1-9-20-11-10-12-21(19-20)26(27(37)33-22-13-15-23(40-8)16-14-22)35(30(2,3)4)28(38)24(17-18-25(32)36)34-29(39)41-31(5,6)7/h9-16,19,24,26H,1,17-18H2,2-8H3,(H2,32,36)(H,33,37)(H,34,39). The van der Waals surface area contributed by atoms with Crippen molar-refractivity contribution in [1.29, 1.82) is 0 Å². The number of carbonyl (C=O) groups is 4. The average Bonchev–Trinajstić information content (AvgIpc) is 2.87. The minimum absolute atomic E-state index is 0.0838. The summed E-state index contributed by atoms with van der Waals surface area (Å²) in [4.78, 5) is 54.1. The molecule has 0 fully saturated rings. The van der Waals surface area contributed by atoms with Crippen LogP contribution in [0.2, 0.25) is 0 Å². The Bertz CT molecular complexity index is 1240. The largest absolute Gasteiger partial charge is 0.497 e. The van der Waals surface area contributed by atoms with Crippen LogP contribution < -0.4 is 21.1 Å². The van der Waals surface area contributed by atoms with Gasteiger partial charge in [0.25, 0.3) is 5.91 Å². The molecule has 10 heteroatoms. The predicted molar refractivity (Wildman–Crippen MR) is 159 cm³/mol. The number of carbonyl (C=O) groups excluding carboxylic acids is 4. The molecule has 0 aliphatic rings. The fraction of sp³-hybridized carbons (Fsp3) is 0.419. The van der Waals surface area contributed by atoms with Crippen LogP contribution in [0.3, 0.4) is 0 Å². The molecule has 10 nitrogen and oxygen atoms in total. The third-order valence-corrected chi connectivity index (χ3v) is 5.95. The Labute approximate surface area is 242 Å². The van der Waals surface area contributed by atoms with E-state index in [4.69, 9.17) is 15.2 Å². The number of methoxy groups -OCH3 is 1. The van der Waals surface area contributed by atoms with Crippen LogP contribution in [0, 0.1) is 0 Å². The smallest absolute Gasteiger partial charge is 0.408 e. The summed E-state index contributed by atoms with van der Waals surface area (Å²) < 4.78 is 10.6. The maximum absolute atomic E-state index is 14.3. The first-order valence-corrected chi connectivity index (χ1v) is 13.3. The fourth-order valence-corrected chi connectivity index (χ4v) is 4.17. The number of alkyl carbamates (subject to hydrolysis) is 1. The number of nitrogens with zero attached hydrogens (tertiary/aromatic N) is 1. The molecular formula is C31H42N4O6. The molecule has 0 saturated heterocycles. The van der Waals surface area contributed by atoms with E-state index >= 15 is 0 Å². The lowest BCUT2D eigenvalue weighted by molar-refractivity contribution is -0.147. The van der Waals surface area contributed by atoms with Crippen molar-refractivity contribution >= 4 is 35.6 Å². The van der Waals surface area contributed by atoms with Crippen LogP contribution >= 0.6 is 0 Å². The van der Waals surface area contributed by atoms with Crippen LogP contribution in [-0.2, 0) is 19.1 Å². The van der Waals surface area contributed by atoms with E-state index in [-0.39, 0.29) is 12.8 Å². The Morgan fingerprint density at radius 1 is 1.02 bits per heavy atom. The summed E-state index contributed by atoms with van der Waals surface area (Å²) in [7, 11) is 1.54. The summed E-state index contributed by atoms with van der Waals surface area (Å²) in [6.07, 6.45) is 0.561. The second-order valence-corrected chi connectivity index (χ2v) is 11.6. The normalized spacial score (nSPS) is 12.9. The molecule has 0 bridgehead atoms. The van der Waals surface area contributed by atoms with Gasteiger partial charge in [-0.2, -0.15) is 0 Å². The van der Waals surface area contributed by atoms with Gasteiger partial charge < -0.3 is 30.7 Å². The lowest BCUT2D eigenvalue weighted by atomic mass is 9.93. The molecule has 0 aromatic heterocycles. The first kappa shape index (κ1) is 32.9. The van der Waals surface area contributed by atoms with E-state index in [2.05, 4.69) is 17.2 Å². The molecule has 2 aromatic rings. The van der Waals surface area contributed by atoms with Gasteiger partial charge in [0.05, 0.1) is 7.11 Å². The van der Waals surface area contributed by atoms with Crippen molar-refractivity contribution < 1.29 is 28.7 Å². The minimum Gasteiger partial charge on any atom is -0.497 e. The van der Waals surface area contributed by atoms with E-state index in [0.29, 0.717) is 17.0 Å². The lowest BCUT2D eigenvalue weighted by Crippen LogP contribution is -2.58. The average molecular weight is 567 g/mol. The second kappa shape index (κ2) is 13.8. The third kappa shape index (κ3) is 9.97. The zero-order valence-corrected chi connectivity index (χ0v) is 24.9. The molecule has 0 saturated carbocycles. The van der Waals surface area contributed by atoms with Gasteiger partial charge in [-0.25, -0.2) is 4.79 Å². The van der Waals surface area contributed by atoms with Gasteiger partial charge in [-0.3, -0.25) is 14.4 Å². The highest BCUT2D eigenvalue weighted by Crippen LogP contribution is 2.32. The van der Waals surface area contributed by atoms with E-state index in [9.17, 15) is 19.2 Å². The molecule has 0 radical (unpaired) electrons. The molecule has 2 aromatic carbocycles. The molecule has 4 N–H and O–H groups in total. The van der Waals surface area contributed by atoms with Gasteiger partial charge in [-0.15, -0.1) is 0 Å². The molecular weight excluding hydrogens is 524 g/mol. The highest BCUT2D eigenvalue weighted by atomic mass is 16.6. The molecule has 0 spiro atoms. The number of nitrogens with one attached hydrogen (secondary N) is 2. The van der Waals surface area contributed by atoms with Crippen molar-refractivity contribution in [2.45, 2.75) is 77.6 Å². The topological polar surface area (TPSA) is 140 Å². The van der Waals surface area contributed by atoms with Gasteiger partial charge in [-0.05, 0) is 89.4 Å². The van der Waals surface area contributed by atoms with Crippen molar-refractivity contribution in [3.05, 3.63) is 66.2 Å². The molecule has 0 heterocycles. The van der Waals surface area contributed by atoms with Crippen LogP contribution in [0.15, 0.2) is 55.1 Å². The number of rotatable bonds is 11. The molecule has 0 aliphatic carbocycles. The molecule has 0 aliphatic heterocycles. The number of primary amides is 1. The zero-order chi connectivity index (χ0) is 31.0. The number of hydrogen-bond donors (Lipinski definition) is 3. The van der Waals surface area contributed by atoms with Crippen LogP contribution in [-0.4, -0.2) is 53.0 Å². The van der Waals surface area contributed by atoms with Crippen LogP contribution in [0.4, 0.5) is 10.5 Å². The van der Waals surface area contributed by atoms with Gasteiger partial charge in [-0.1, -0.05) is 30.9 Å². The van der Waals surface area contributed by atoms with Crippen LogP contribution in [0.5, 0.6) is 5.75 Å². The maximum Gasteiger partial charge on any atom is 0.408 e. The van der Waals surface area contributed by atoms with Gasteiger partial charge in [0.2, 0.25) is 11.8 Å². The minimum atomic E-state index is -1.20. The first-order chi connectivity index (χ1) is 19.1. The number of benzene rings is 2. The number of nitrogens with two attached hydrogens (primary N) is 1. The number of anilines is 1. The predicted octanol–water partition coefficient (Wildman–Crippen LogP) is 4.80. The van der Waals surface area contributed by atoms with E-state index in [0.717, 1.165) is 5.56 Å². The quantitative estimate of drug-likeness (QED) is 0.357. The van der Waals surface area contributed by atoms with Gasteiger partial charge >= 0.3 is 6.09 Å². The molecule has 2 unspecified atom stereocenters. The SMILES string of the molecule is C=Cc1cccc(C(C(=O)Nc2ccc(OC)cc2)N(C(=O)C(CCC(N)=O)NC(=O)OC(C)(C)C)C(C)(C)C)c1.